The minimum atomic E-state index is 0.116. The van der Waals surface area contributed by atoms with Crippen LogP contribution in [0.3, 0.4) is 0 Å². The van der Waals surface area contributed by atoms with Crippen LogP contribution in [0.5, 0.6) is 0 Å². The van der Waals surface area contributed by atoms with Crippen LogP contribution in [0.1, 0.15) is 32.3 Å². The summed E-state index contributed by atoms with van der Waals surface area (Å²) in [5.41, 5.74) is 1.33. The zero-order chi connectivity index (χ0) is 11.9. The van der Waals surface area contributed by atoms with Crippen LogP contribution in [-0.2, 0) is 11.3 Å². The number of rotatable bonds is 7. The highest BCUT2D eigenvalue weighted by Gasteiger charge is 2.22. The maximum atomic E-state index is 5.99. The predicted molar refractivity (Wildman–Crippen MR) is 69.8 cm³/mol. The lowest BCUT2D eigenvalue weighted by Gasteiger charge is -2.26. The molecule has 0 aliphatic carbocycles. The van der Waals surface area contributed by atoms with Gasteiger partial charge in [-0.1, -0.05) is 50.6 Å². The second kappa shape index (κ2) is 6.93. The van der Waals surface area contributed by atoms with Crippen molar-refractivity contribution in [3.8, 4) is 0 Å². The van der Waals surface area contributed by atoms with Crippen molar-refractivity contribution in [2.45, 2.75) is 33.3 Å². The van der Waals surface area contributed by atoms with Gasteiger partial charge >= 0.3 is 0 Å². The molecule has 1 nitrogen and oxygen atoms in total. The Kier molecular flexibility index (Phi) is 5.86. The van der Waals surface area contributed by atoms with Crippen LogP contribution < -0.4 is 0 Å². The molecule has 90 valence electrons. The molecule has 1 aromatic carbocycles. The molecule has 0 fully saturated rings. The second-order valence-electron chi connectivity index (χ2n) is 4.67. The number of hydrogen-bond donors (Lipinski definition) is 0. The molecule has 1 atom stereocenters. The van der Waals surface area contributed by atoms with Gasteiger partial charge in [0.25, 0.3) is 0 Å². The summed E-state index contributed by atoms with van der Waals surface area (Å²) in [6, 6.07) is 10.2. The molecular weight excluding hydrogens is 220 g/mol. The largest absolute Gasteiger partial charge is 0.376 e. The first-order chi connectivity index (χ1) is 7.70. The molecule has 1 aromatic rings. The Labute approximate surface area is 104 Å². The van der Waals surface area contributed by atoms with Crippen LogP contribution in [0.4, 0.5) is 0 Å². The van der Waals surface area contributed by atoms with E-state index in [2.05, 4.69) is 26.0 Å². The van der Waals surface area contributed by atoms with Gasteiger partial charge in [0, 0.05) is 11.3 Å². The average Bonchev–Trinajstić information content (AvgIpc) is 2.31. The van der Waals surface area contributed by atoms with Crippen molar-refractivity contribution >= 4 is 11.6 Å². The van der Waals surface area contributed by atoms with Gasteiger partial charge < -0.3 is 4.74 Å². The fraction of sp³-hybridized carbons (Fsp3) is 0.571. The molecule has 16 heavy (non-hydrogen) atoms. The van der Waals surface area contributed by atoms with Gasteiger partial charge in [0.05, 0.1) is 13.2 Å². The van der Waals surface area contributed by atoms with Crippen molar-refractivity contribution < 1.29 is 4.74 Å². The van der Waals surface area contributed by atoms with Crippen molar-refractivity contribution in [3.63, 3.8) is 0 Å². The molecule has 1 unspecified atom stereocenters. The monoisotopic (exact) mass is 240 g/mol. The molecule has 0 spiro atoms. The Morgan fingerprint density at radius 1 is 1.25 bits per heavy atom. The summed E-state index contributed by atoms with van der Waals surface area (Å²) >= 11 is 5.99. The lowest BCUT2D eigenvalue weighted by atomic mass is 9.89. The van der Waals surface area contributed by atoms with E-state index in [-0.39, 0.29) is 5.41 Å². The summed E-state index contributed by atoms with van der Waals surface area (Å²) in [5, 5.41) is 0. The summed E-state index contributed by atoms with van der Waals surface area (Å²) in [5.74, 6) is 0.662. The fourth-order valence-corrected chi connectivity index (χ4v) is 1.98. The zero-order valence-electron chi connectivity index (χ0n) is 10.2. The van der Waals surface area contributed by atoms with Crippen molar-refractivity contribution in [3.05, 3.63) is 35.9 Å². The third kappa shape index (κ3) is 4.54. The minimum absolute atomic E-state index is 0.116. The summed E-state index contributed by atoms with van der Waals surface area (Å²) in [4.78, 5) is 0. The molecule has 0 aromatic heterocycles. The van der Waals surface area contributed by atoms with Crippen LogP contribution in [0.25, 0.3) is 0 Å². The van der Waals surface area contributed by atoms with Crippen LogP contribution in [0.15, 0.2) is 30.3 Å². The van der Waals surface area contributed by atoms with Gasteiger partial charge in [0.2, 0.25) is 0 Å². The zero-order valence-corrected chi connectivity index (χ0v) is 11.0. The van der Waals surface area contributed by atoms with Gasteiger partial charge in [-0.05, 0) is 12.0 Å². The maximum Gasteiger partial charge on any atom is 0.0717 e. The smallest absolute Gasteiger partial charge is 0.0717 e. The highest BCUT2D eigenvalue weighted by atomic mass is 35.5. The van der Waals surface area contributed by atoms with Crippen molar-refractivity contribution in [2.75, 3.05) is 12.5 Å². The van der Waals surface area contributed by atoms with Gasteiger partial charge in [-0.3, -0.25) is 0 Å². The second-order valence-corrected chi connectivity index (χ2v) is 4.94. The van der Waals surface area contributed by atoms with E-state index < -0.39 is 0 Å². The third-order valence-electron chi connectivity index (χ3n) is 2.74. The number of benzene rings is 1. The van der Waals surface area contributed by atoms with E-state index in [0.29, 0.717) is 12.5 Å². The molecule has 0 bridgehead atoms. The molecule has 1 rings (SSSR count). The normalized spacial score (nSPS) is 14.7. The first-order valence-corrected chi connectivity index (χ1v) is 6.41. The van der Waals surface area contributed by atoms with Crippen LogP contribution in [0.2, 0.25) is 0 Å². The van der Waals surface area contributed by atoms with Crippen molar-refractivity contribution in [1.82, 2.24) is 0 Å². The Balaban J connectivity index is 2.34. The summed E-state index contributed by atoms with van der Waals surface area (Å²) in [6.45, 7) is 5.78. The molecule has 0 amide bonds. The fourth-order valence-electron chi connectivity index (χ4n) is 1.77. The van der Waals surface area contributed by atoms with Gasteiger partial charge in [-0.25, -0.2) is 0 Å². The van der Waals surface area contributed by atoms with E-state index in [9.17, 15) is 0 Å². The van der Waals surface area contributed by atoms with E-state index in [1.165, 1.54) is 5.56 Å². The van der Waals surface area contributed by atoms with Crippen LogP contribution >= 0.6 is 11.6 Å². The highest BCUT2D eigenvalue weighted by molar-refractivity contribution is 6.18. The Morgan fingerprint density at radius 3 is 2.50 bits per heavy atom. The Morgan fingerprint density at radius 2 is 1.94 bits per heavy atom. The number of halogens is 1. The first-order valence-electron chi connectivity index (χ1n) is 5.88. The van der Waals surface area contributed by atoms with Crippen LogP contribution in [0, 0.1) is 5.41 Å². The van der Waals surface area contributed by atoms with Gasteiger partial charge in [-0.15, -0.1) is 11.6 Å². The molecule has 0 aliphatic heterocycles. The summed E-state index contributed by atoms with van der Waals surface area (Å²) in [6.07, 6.45) is 2.27. The SMILES string of the molecule is CCCC(C)(CCl)COCc1ccccc1. The van der Waals surface area contributed by atoms with Crippen molar-refractivity contribution in [2.24, 2.45) is 5.41 Å². The molecular formula is C14H21ClO. The van der Waals surface area contributed by atoms with Gasteiger partial charge in [-0.2, -0.15) is 0 Å². The molecule has 0 heterocycles. The lowest BCUT2D eigenvalue weighted by molar-refractivity contribution is 0.0485. The average molecular weight is 241 g/mol. The topological polar surface area (TPSA) is 9.23 Å². The summed E-state index contributed by atoms with van der Waals surface area (Å²) in [7, 11) is 0. The molecule has 0 radical (unpaired) electrons. The predicted octanol–water partition coefficient (Wildman–Crippen LogP) is 4.25. The molecule has 0 N–H and O–H groups in total. The van der Waals surface area contributed by atoms with Crippen molar-refractivity contribution in [1.29, 1.82) is 0 Å². The Hall–Kier alpha value is -0.530. The molecule has 0 saturated heterocycles. The van der Waals surface area contributed by atoms with Gasteiger partial charge in [0.15, 0.2) is 0 Å². The Bertz CT molecular complexity index is 286. The molecule has 0 aliphatic rings. The summed E-state index contributed by atoms with van der Waals surface area (Å²) < 4.78 is 5.74. The number of hydrogen-bond acceptors (Lipinski definition) is 1. The highest BCUT2D eigenvalue weighted by Crippen LogP contribution is 2.25. The first kappa shape index (κ1) is 13.5. The standard InChI is InChI=1S/C14H21ClO/c1-3-9-14(2,11-15)12-16-10-13-7-5-4-6-8-13/h4-8H,3,9-12H2,1-2H3. The minimum Gasteiger partial charge on any atom is -0.376 e. The molecule has 0 saturated carbocycles. The number of ether oxygens (including phenoxy) is 1. The van der Waals surface area contributed by atoms with E-state index in [1.54, 1.807) is 0 Å². The van der Waals surface area contributed by atoms with Crippen LogP contribution in [-0.4, -0.2) is 12.5 Å². The van der Waals surface area contributed by atoms with E-state index in [4.69, 9.17) is 16.3 Å². The van der Waals surface area contributed by atoms with E-state index >= 15 is 0 Å². The lowest BCUT2D eigenvalue weighted by Crippen LogP contribution is -2.25. The van der Waals surface area contributed by atoms with Gasteiger partial charge in [0.1, 0.15) is 0 Å². The van der Waals surface area contributed by atoms with E-state index in [1.807, 2.05) is 18.2 Å². The maximum absolute atomic E-state index is 5.99. The third-order valence-corrected chi connectivity index (χ3v) is 3.38. The van der Waals surface area contributed by atoms with E-state index in [0.717, 1.165) is 19.4 Å². The number of alkyl halides is 1. The quantitative estimate of drug-likeness (QED) is 0.648. The molecule has 2 heteroatoms.